The number of nitrogens with zero attached hydrogens (tertiary/aromatic N) is 1. The van der Waals surface area contributed by atoms with E-state index in [4.69, 9.17) is 9.15 Å². The number of halogens is 1. The first kappa shape index (κ1) is 14.3. The van der Waals surface area contributed by atoms with Crippen LogP contribution in [0, 0.1) is 0 Å². The number of carbonyl (C=O) groups excluding carboxylic acids is 1. The molecule has 17 heavy (non-hydrogen) atoms. The number of hydrogen-bond acceptors (Lipinski definition) is 4. The molecule has 0 N–H and O–H groups in total. The number of furan rings is 1. The average Bonchev–Trinajstić information content (AvgIpc) is 2.63. The second-order valence-corrected chi connectivity index (χ2v) is 4.79. The summed E-state index contributed by atoms with van der Waals surface area (Å²) in [5.74, 6) is 0.627. The van der Waals surface area contributed by atoms with Gasteiger partial charge in [-0.3, -0.25) is 9.69 Å². The zero-order chi connectivity index (χ0) is 12.8. The van der Waals surface area contributed by atoms with E-state index in [0.717, 1.165) is 5.76 Å². The minimum absolute atomic E-state index is 0.202. The van der Waals surface area contributed by atoms with Crippen LogP contribution in [0.5, 0.6) is 0 Å². The van der Waals surface area contributed by atoms with Crippen LogP contribution in [0.2, 0.25) is 0 Å². The molecule has 0 unspecified atom stereocenters. The maximum Gasteiger partial charge on any atom is 0.320 e. The molecule has 0 aliphatic carbocycles. The van der Waals surface area contributed by atoms with Crippen LogP contribution in [0.15, 0.2) is 21.2 Å². The van der Waals surface area contributed by atoms with E-state index in [9.17, 15) is 4.79 Å². The molecule has 0 atom stereocenters. The monoisotopic (exact) mass is 303 g/mol. The van der Waals surface area contributed by atoms with Crippen molar-refractivity contribution in [3.05, 3.63) is 22.6 Å². The Bertz CT molecular complexity index is 362. The third-order valence-corrected chi connectivity index (χ3v) is 2.78. The van der Waals surface area contributed by atoms with Gasteiger partial charge in [0, 0.05) is 6.04 Å². The maximum absolute atomic E-state index is 11.4. The number of carbonyl (C=O) groups is 1. The summed E-state index contributed by atoms with van der Waals surface area (Å²) in [6.07, 6.45) is 0. The van der Waals surface area contributed by atoms with E-state index >= 15 is 0 Å². The number of ether oxygens (including phenoxy) is 1. The summed E-state index contributed by atoms with van der Waals surface area (Å²) in [5.41, 5.74) is 0. The fourth-order valence-corrected chi connectivity index (χ4v) is 1.77. The molecule has 0 aliphatic rings. The molecular weight excluding hydrogens is 286 g/mol. The van der Waals surface area contributed by atoms with Crippen molar-refractivity contribution in [2.75, 3.05) is 13.2 Å². The molecule has 0 bridgehead atoms. The Kier molecular flexibility index (Phi) is 5.71. The Hall–Kier alpha value is -0.810. The van der Waals surface area contributed by atoms with Crippen LogP contribution in [-0.4, -0.2) is 30.1 Å². The van der Waals surface area contributed by atoms with Gasteiger partial charge in [0.2, 0.25) is 0 Å². The highest BCUT2D eigenvalue weighted by molar-refractivity contribution is 9.10. The minimum atomic E-state index is -0.202. The largest absolute Gasteiger partial charge is 0.465 e. The third-order valence-electron chi connectivity index (χ3n) is 2.36. The first-order valence-corrected chi connectivity index (χ1v) is 6.46. The second kappa shape index (κ2) is 6.81. The Morgan fingerprint density at radius 3 is 2.71 bits per heavy atom. The molecule has 0 saturated carbocycles. The molecule has 0 aromatic carbocycles. The lowest BCUT2D eigenvalue weighted by molar-refractivity contribution is -0.145. The Balaban J connectivity index is 2.57. The molecule has 1 heterocycles. The normalized spacial score (nSPS) is 11.2. The lowest BCUT2D eigenvalue weighted by Gasteiger charge is -2.24. The van der Waals surface area contributed by atoms with Crippen LogP contribution in [0.25, 0.3) is 0 Å². The Morgan fingerprint density at radius 2 is 2.24 bits per heavy atom. The average molecular weight is 304 g/mol. The molecular formula is C12H18BrNO3. The van der Waals surface area contributed by atoms with Crippen LogP contribution >= 0.6 is 15.9 Å². The van der Waals surface area contributed by atoms with Gasteiger partial charge in [-0.25, -0.2) is 0 Å². The van der Waals surface area contributed by atoms with Gasteiger partial charge in [0.15, 0.2) is 4.67 Å². The third kappa shape index (κ3) is 4.91. The van der Waals surface area contributed by atoms with E-state index in [1.165, 1.54) is 0 Å². The van der Waals surface area contributed by atoms with Crippen LogP contribution in [0.1, 0.15) is 26.5 Å². The topological polar surface area (TPSA) is 42.7 Å². The highest BCUT2D eigenvalue weighted by atomic mass is 79.9. The molecule has 96 valence electrons. The van der Waals surface area contributed by atoms with E-state index in [-0.39, 0.29) is 18.6 Å². The van der Waals surface area contributed by atoms with E-state index in [1.54, 1.807) is 6.92 Å². The summed E-state index contributed by atoms with van der Waals surface area (Å²) in [4.78, 5) is 13.5. The van der Waals surface area contributed by atoms with Crippen molar-refractivity contribution < 1.29 is 13.9 Å². The first-order valence-electron chi connectivity index (χ1n) is 5.66. The standard InChI is InChI=1S/C12H18BrNO3/c1-4-16-12(15)8-14(9(2)3)7-10-5-6-11(13)17-10/h5-6,9H,4,7-8H2,1-3H3. The number of rotatable bonds is 6. The Morgan fingerprint density at radius 1 is 1.53 bits per heavy atom. The minimum Gasteiger partial charge on any atom is -0.465 e. The fourth-order valence-electron chi connectivity index (χ4n) is 1.43. The summed E-state index contributed by atoms with van der Waals surface area (Å²) in [7, 11) is 0. The molecule has 1 aromatic heterocycles. The van der Waals surface area contributed by atoms with Crippen LogP contribution < -0.4 is 0 Å². The predicted molar refractivity (Wildman–Crippen MR) is 68.6 cm³/mol. The van der Waals surface area contributed by atoms with Gasteiger partial charge in [-0.2, -0.15) is 0 Å². The van der Waals surface area contributed by atoms with E-state index in [2.05, 4.69) is 15.9 Å². The van der Waals surface area contributed by atoms with Crippen molar-refractivity contribution >= 4 is 21.9 Å². The van der Waals surface area contributed by atoms with Crippen molar-refractivity contribution in [1.29, 1.82) is 0 Å². The smallest absolute Gasteiger partial charge is 0.320 e. The van der Waals surface area contributed by atoms with Gasteiger partial charge < -0.3 is 9.15 Å². The molecule has 1 rings (SSSR count). The first-order chi connectivity index (χ1) is 8.02. The van der Waals surface area contributed by atoms with Gasteiger partial charge in [-0.05, 0) is 48.8 Å². The molecule has 0 fully saturated rings. The number of esters is 1. The quantitative estimate of drug-likeness (QED) is 0.758. The van der Waals surface area contributed by atoms with Gasteiger partial charge in [0.1, 0.15) is 5.76 Å². The summed E-state index contributed by atoms with van der Waals surface area (Å²) in [6, 6.07) is 3.99. The second-order valence-electron chi connectivity index (χ2n) is 4.01. The SMILES string of the molecule is CCOC(=O)CN(Cc1ccc(Br)o1)C(C)C. The van der Waals surface area contributed by atoms with Crippen molar-refractivity contribution in [3.8, 4) is 0 Å². The van der Waals surface area contributed by atoms with Gasteiger partial charge in [0.05, 0.1) is 19.7 Å². The molecule has 4 nitrogen and oxygen atoms in total. The van der Waals surface area contributed by atoms with Crippen molar-refractivity contribution in [3.63, 3.8) is 0 Å². The van der Waals surface area contributed by atoms with E-state index in [1.807, 2.05) is 30.9 Å². The summed E-state index contributed by atoms with van der Waals surface area (Å²) < 4.78 is 11.1. The van der Waals surface area contributed by atoms with Crippen LogP contribution in [-0.2, 0) is 16.1 Å². The van der Waals surface area contributed by atoms with E-state index in [0.29, 0.717) is 17.8 Å². The van der Waals surface area contributed by atoms with Crippen molar-refractivity contribution in [1.82, 2.24) is 4.90 Å². The lowest BCUT2D eigenvalue weighted by Crippen LogP contribution is -2.35. The predicted octanol–water partition coefficient (Wildman–Crippen LogP) is 2.82. The van der Waals surface area contributed by atoms with Crippen LogP contribution in [0.3, 0.4) is 0 Å². The summed E-state index contributed by atoms with van der Waals surface area (Å²) in [5, 5.41) is 0. The maximum atomic E-state index is 11.4. The van der Waals surface area contributed by atoms with Crippen molar-refractivity contribution in [2.24, 2.45) is 0 Å². The molecule has 5 heteroatoms. The summed E-state index contributed by atoms with van der Waals surface area (Å²) in [6.45, 7) is 7.18. The van der Waals surface area contributed by atoms with Gasteiger partial charge in [0.25, 0.3) is 0 Å². The zero-order valence-electron chi connectivity index (χ0n) is 10.4. The van der Waals surface area contributed by atoms with Gasteiger partial charge in [-0.15, -0.1) is 0 Å². The highest BCUT2D eigenvalue weighted by Gasteiger charge is 2.16. The van der Waals surface area contributed by atoms with Crippen LogP contribution in [0.4, 0.5) is 0 Å². The Labute approximate surface area is 110 Å². The van der Waals surface area contributed by atoms with Gasteiger partial charge in [-0.1, -0.05) is 0 Å². The zero-order valence-corrected chi connectivity index (χ0v) is 12.0. The molecule has 0 aliphatic heterocycles. The molecule has 0 amide bonds. The lowest BCUT2D eigenvalue weighted by atomic mass is 10.3. The molecule has 0 radical (unpaired) electrons. The molecule has 1 aromatic rings. The fraction of sp³-hybridized carbons (Fsp3) is 0.583. The van der Waals surface area contributed by atoms with Gasteiger partial charge >= 0.3 is 5.97 Å². The molecule has 0 saturated heterocycles. The summed E-state index contributed by atoms with van der Waals surface area (Å²) >= 11 is 3.26. The van der Waals surface area contributed by atoms with Crippen molar-refractivity contribution in [2.45, 2.75) is 33.4 Å². The molecule has 0 spiro atoms. The highest BCUT2D eigenvalue weighted by Crippen LogP contribution is 2.16. The number of hydrogen-bond donors (Lipinski definition) is 0. The van der Waals surface area contributed by atoms with E-state index < -0.39 is 0 Å².